The predicted molar refractivity (Wildman–Crippen MR) is 131 cm³/mol. The van der Waals surface area contributed by atoms with Crippen molar-refractivity contribution in [1.82, 2.24) is 0 Å². The van der Waals surface area contributed by atoms with Gasteiger partial charge >= 0.3 is 5.97 Å². The van der Waals surface area contributed by atoms with Crippen molar-refractivity contribution in [2.24, 2.45) is 0 Å². The van der Waals surface area contributed by atoms with E-state index >= 15 is 0 Å². The third kappa shape index (κ3) is 16.9. The second-order valence-electron chi connectivity index (χ2n) is 9.81. The Bertz CT molecular complexity index is 391. The number of carbonyl (C=O) groups excluding carboxylic acids is 1. The lowest BCUT2D eigenvalue weighted by atomic mass is 10.00. The molecule has 2 heteroatoms. The summed E-state index contributed by atoms with van der Waals surface area (Å²) in [4.78, 5) is 12.0. The largest absolute Gasteiger partial charge is 0.459 e. The average molecular weight is 421 g/mol. The predicted octanol–water partition coefficient (Wildman–Crippen LogP) is 9.46. The van der Waals surface area contributed by atoms with Crippen molar-refractivity contribution in [2.75, 3.05) is 0 Å². The molecule has 0 radical (unpaired) electrons. The first-order valence-corrected chi connectivity index (χ1v) is 13.6. The molecular weight excluding hydrogens is 368 g/mol. The Morgan fingerprint density at radius 2 is 0.767 bits per heavy atom. The highest BCUT2D eigenvalue weighted by molar-refractivity contribution is 5.87. The summed E-state index contributed by atoms with van der Waals surface area (Å²) >= 11 is 0. The van der Waals surface area contributed by atoms with E-state index in [4.69, 9.17) is 4.74 Å². The van der Waals surface area contributed by atoms with E-state index in [9.17, 15) is 4.79 Å². The van der Waals surface area contributed by atoms with Crippen LogP contribution in [-0.2, 0) is 9.53 Å². The molecule has 1 rings (SSSR count). The lowest BCUT2D eigenvalue weighted by molar-refractivity contribution is -0.145. The van der Waals surface area contributed by atoms with E-state index in [2.05, 4.69) is 6.58 Å². The van der Waals surface area contributed by atoms with Crippen molar-refractivity contribution in [3.05, 3.63) is 12.2 Å². The van der Waals surface area contributed by atoms with Crippen LogP contribution in [0.25, 0.3) is 0 Å². The Kier molecular flexibility index (Phi) is 18.3. The molecule has 0 aromatic heterocycles. The number of ether oxygens (including phenoxy) is 1. The number of hydrogen-bond acceptors (Lipinski definition) is 2. The van der Waals surface area contributed by atoms with Crippen LogP contribution in [-0.4, -0.2) is 12.1 Å². The Morgan fingerprint density at radius 1 is 0.533 bits per heavy atom. The van der Waals surface area contributed by atoms with Gasteiger partial charge in [0, 0.05) is 5.57 Å². The summed E-state index contributed by atoms with van der Waals surface area (Å²) in [6.45, 7) is 5.50. The van der Waals surface area contributed by atoms with Crippen LogP contribution in [0.15, 0.2) is 12.2 Å². The van der Waals surface area contributed by atoms with Crippen LogP contribution in [0.5, 0.6) is 0 Å². The smallest absolute Gasteiger partial charge is 0.333 e. The minimum absolute atomic E-state index is 0.0970. The highest BCUT2D eigenvalue weighted by atomic mass is 16.5. The fraction of sp³-hybridized carbons (Fsp3) is 0.893. The van der Waals surface area contributed by atoms with Crippen LogP contribution >= 0.6 is 0 Å². The summed E-state index contributed by atoms with van der Waals surface area (Å²) in [6.07, 6.45) is 31.1. The highest BCUT2D eigenvalue weighted by Gasteiger charge is 2.14. The molecule has 0 unspecified atom stereocenters. The molecule has 0 heterocycles. The van der Waals surface area contributed by atoms with E-state index in [1.54, 1.807) is 6.92 Å². The molecule has 0 amide bonds. The number of carbonyl (C=O) groups is 1. The van der Waals surface area contributed by atoms with Crippen LogP contribution in [0, 0.1) is 0 Å². The first-order chi connectivity index (χ1) is 14.7. The van der Waals surface area contributed by atoms with Crippen LogP contribution in [0.2, 0.25) is 0 Å². The SMILES string of the molecule is C=C(C)C(=O)OC1CCCCCCCCCCCCCCCCCCCCCCC1. The summed E-state index contributed by atoms with van der Waals surface area (Å²) in [5.41, 5.74) is 0.527. The van der Waals surface area contributed by atoms with Gasteiger partial charge in [-0.3, -0.25) is 0 Å². The molecule has 2 nitrogen and oxygen atoms in total. The lowest BCUT2D eigenvalue weighted by Crippen LogP contribution is -2.18. The standard InChI is InChI=1S/C28H52O2/c1-26(2)28(29)30-27-24-22-20-18-16-14-12-10-8-6-4-3-5-7-9-11-13-15-17-19-21-23-25-27/h27H,1,3-25H2,2H3. The van der Waals surface area contributed by atoms with Gasteiger partial charge in [-0.1, -0.05) is 129 Å². The topological polar surface area (TPSA) is 26.3 Å². The van der Waals surface area contributed by atoms with Gasteiger partial charge in [-0.25, -0.2) is 4.79 Å². The second-order valence-corrected chi connectivity index (χ2v) is 9.81. The van der Waals surface area contributed by atoms with Gasteiger partial charge in [0.2, 0.25) is 0 Å². The average Bonchev–Trinajstić information content (AvgIpc) is 2.73. The molecule has 1 saturated carbocycles. The van der Waals surface area contributed by atoms with Crippen LogP contribution < -0.4 is 0 Å². The summed E-state index contributed by atoms with van der Waals surface area (Å²) in [5, 5.41) is 0. The van der Waals surface area contributed by atoms with Gasteiger partial charge in [0.05, 0.1) is 0 Å². The molecule has 0 aromatic carbocycles. The van der Waals surface area contributed by atoms with Crippen molar-refractivity contribution in [3.63, 3.8) is 0 Å². The molecule has 0 aromatic rings. The molecule has 0 bridgehead atoms. The summed E-state index contributed by atoms with van der Waals surface area (Å²) in [7, 11) is 0. The third-order valence-electron chi connectivity index (χ3n) is 6.67. The number of hydrogen-bond donors (Lipinski definition) is 0. The normalized spacial score (nSPS) is 21.9. The van der Waals surface area contributed by atoms with E-state index in [1.165, 1.54) is 135 Å². The fourth-order valence-corrected chi connectivity index (χ4v) is 4.62. The van der Waals surface area contributed by atoms with E-state index in [0.29, 0.717) is 5.57 Å². The lowest BCUT2D eigenvalue weighted by Gasteiger charge is -2.18. The van der Waals surface area contributed by atoms with Gasteiger partial charge in [-0.05, 0) is 32.6 Å². The van der Waals surface area contributed by atoms with Gasteiger partial charge in [0.1, 0.15) is 6.10 Å². The molecular formula is C28H52O2. The Labute approximate surface area is 188 Å². The first-order valence-electron chi connectivity index (χ1n) is 13.6. The molecule has 0 N–H and O–H groups in total. The maximum absolute atomic E-state index is 12.0. The minimum Gasteiger partial charge on any atom is -0.459 e. The van der Waals surface area contributed by atoms with Gasteiger partial charge in [-0.15, -0.1) is 0 Å². The van der Waals surface area contributed by atoms with Gasteiger partial charge in [0.25, 0.3) is 0 Å². The first kappa shape index (κ1) is 27.2. The molecule has 176 valence electrons. The Hall–Kier alpha value is -0.790. The monoisotopic (exact) mass is 420 g/mol. The molecule has 0 atom stereocenters. The summed E-state index contributed by atoms with van der Waals surface area (Å²) in [5.74, 6) is -0.201. The van der Waals surface area contributed by atoms with Crippen molar-refractivity contribution in [1.29, 1.82) is 0 Å². The van der Waals surface area contributed by atoms with Crippen molar-refractivity contribution >= 4 is 5.97 Å². The van der Waals surface area contributed by atoms with Crippen molar-refractivity contribution in [2.45, 2.75) is 161 Å². The summed E-state index contributed by atoms with van der Waals surface area (Å²) in [6, 6.07) is 0. The number of esters is 1. The minimum atomic E-state index is -0.201. The maximum Gasteiger partial charge on any atom is 0.333 e. The molecule has 1 aliphatic rings. The zero-order valence-corrected chi connectivity index (χ0v) is 20.4. The van der Waals surface area contributed by atoms with Gasteiger partial charge < -0.3 is 4.74 Å². The highest BCUT2D eigenvalue weighted by Crippen LogP contribution is 2.19. The zero-order chi connectivity index (χ0) is 21.7. The second kappa shape index (κ2) is 20.1. The van der Waals surface area contributed by atoms with E-state index in [1.807, 2.05) is 0 Å². The molecule has 1 aliphatic carbocycles. The molecule has 1 fully saturated rings. The molecule has 0 spiro atoms. The number of rotatable bonds is 2. The van der Waals surface area contributed by atoms with E-state index in [0.717, 1.165) is 12.8 Å². The van der Waals surface area contributed by atoms with E-state index in [-0.39, 0.29) is 12.1 Å². The van der Waals surface area contributed by atoms with Crippen molar-refractivity contribution < 1.29 is 9.53 Å². The molecule has 0 saturated heterocycles. The fourth-order valence-electron chi connectivity index (χ4n) is 4.62. The van der Waals surface area contributed by atoms with Crippen molar-refractivity contribution in [3.8, 4) is 0 Å². The van der Waals surface area contributed by atoms with Gasteiger partial charge in [0.15, 0.2) is 0 Å². The Balaban J connectivity index is 2.30. The quantitative estimate of drug-likeness (QED) is 0.328. The molecule has 30 heavy (non-hydrogen) atoms. The third-order valence-corrected chi connectivity index (χ3v) is 6.67. The van der Waals surface area contributed by atoms with Crippen LogP contribution in [0.1, 0.15) is 155 Å². The van der Waals surface area contributed by atoms with Gasteiger partial charge in [-0.2, -0.15) is 0 Å². The van der Waals surface area contributed by atoms with Crippen LogP contribution in [0.3, 0.4) is 0 Å². The summed E-state index contributed by atoms with van der Waals surface area (Å²) < 4.78 is 5.73. The Morgan fingerprint density at radius 3 is 1.00 bits per heavy atom. The molecule has 0 aliphatic heterocycles. The maximum atomic E-state index is 12.0. The zero-order valence-electron chi connectivity index (χ0n) is 20.4. The van der Waals surface area contributed by atoms with Crippen LogP contribution in [0.4, 0.5) is 0 Å². The van der Waals surface area contributed by atoms with E-state index < -0.39 is 0 Å².